The second-order valence-corrected chi connectivity index (χ2v) is 8.18. The molecule has 0 aliphatic carbocycles. The molecule has 6 atom stereocenters. The Morgan fingerprint density at radius 3 is 2.78 bits per heavy atom. The van der Waals surface area contributed by atoms with E-state index in [1.165, 1.54) is 16.7 Å². The quantitative estimate of drug-likeness (QED) is 0.529. The summed E-state index contributed by atoms with van der Waals surface area (Å²) in [5, 5.41) is 9.55. The Morgan fingerprint density at radius 2 is 2.19 bits per heavy atom. The Morgan fingerprint density at radius 1 is 1.41 bits per heavy atom. The van der Waals surface area contributed by atoms with Crippen LogP contribution >= 0.6 is 11.8 Å². The van der Waals surface area contributed by atoms with Gasteiger partial charge in [0.2, 0.25) is 5.91 Å². The molecule has 0 bridgehead atoms. The summed E-state index contributed by atoms with van der Waals surface area (Å²) in [6.45, 7) is 3.65. The van der Waals surface area contributed by atoms with Gasteiger partial charge in [0.1, 0.15) is 23.8 Å². The number of aliphatic hydroxyl groups excluding tert-OH is 1. The molecule has 10 heteroatoms. The van der Waals surface area contributed by atoms with Crippen LogP contribution in [0.25, 0.3) is 0 Å². The van der Waals surface area contributed by atoms with E-state index in [1.54, 1.807) is 13.8 Å². The molecular formula is C17H21NO8S. The van der Waals surface area contributed by atoms with E-state index in [1.807, 2.05) is 0 Å². The van der Waals surface area contributed by atoms with Crippen molar-refractivity contribution in [2.24, 2.45) is 5.92 Å². The highest BCUT2D eigenvalue weighted by Gasteiger charge is 2.59. The van der Waals surface area contributed by atoms with Crippen LogP contribution in [0, 0.1) is 5.92 Å². The molecule has 148 valence electrons. The highest BCUT2D eigenvalue weighted by atomic mass is 32.2. The first-order valence-corrected chi connectivity index (χ1v) is 9.84. The van der Waals surface area contributed by atoms with Gasteiger partial charge >= 0.3 is 12.1 Å². The molecule has 4 aliphatic heterocycles. The number of nitrogens with zero attached hydrogens (tertiary/aromatic N) is 1. The number of esters is 1. The van der Waals surface area contributed by atoms with Gasteiger partial charge in [-0.25, -0.2) is 9.59 Å². The SMILES string of the molecule is C[C@@H]1OC(=O)O[C@H]1COC(=O)C1=C([C@H]2CCCO2)S[C@@H]2[C@@H]([C@@H](C)O)C(=O)N12. The fourth-order valence-electron chi connectivity index (χ4n) is 3.68. The van der Waals surface area contributed by atoms with Crippen LogP contribution in [0.3, 0.4) is 0 Å². The van der Waals surface area contributed by atoms with Crippen LogP contribution in [0.2, 0.25) is 0 Å². The molecule has 0 radical (unpaired) electrons. The summed E-state index contributed by atoms with van der Waals surface area (Å²) in [6, 6.07) is 0. The average Bonchev–Trinajstić information content (AvgIpc) is 3.29. The average molecular weight is 399 g/mol. The molecule has 3 fully saturated rings. The minimum Gasteiger partial charge on any atom is -0.457 e. The number of amides is 1. The lowest BCUT2D eigenvalue weighted by atomic mass is 9.92. The third-order valence-corrected chi connectivity index (χ3v) is 6.63. The van der Waals surface area contributed by atoms with Crippen LogP contribution in [0.1, 0.15) is 26.7 Å². The molecule has 1 amide bonds. The smallest absolute Gasteiger partial charge is 0.457 e. The zero-order chi connectivity index (χ0) is 19.3. The molecule has 1 N–H and O–H groups in total. The van der Waals surface area contributed by atoms with E-state index in [4.69, 9.17) is 18.9 Å². The fourth-order valence-corrected chi connectivity index (χ4v) is 5.38. The number of carbonyl (C=O) groups is 3. The van der Waals surface area contributed by atoms with Crippen LogP contribution in [0.4, 0.5) is 4.79 Å². The molecule has 9 nitrogen and oxygen atoms in total. The third-order valence-electron chi connectivity index (χ3n) is 5.17. The minimum atomic E-state index is -0.803. The normalized spacial score (nSPS) is 36.3. The van der Waals surface area contributed by atoms with Crippen molar-refractivity contribution in [2.45, 2.75) is 56.5 Å². The lowest BCUT2D eigenvalue weighted by molar-refractivity contribution is -0.159. The van der Waals surface area contributed by atoms with E-state index in [9.17, 15) is 19.5 Å². The molecule has 4 heterocycles. The van der Waals surface area contributed by atoms with Gasteiger partial charge in [-0.15, -0.1) is 0 Å². The molecule has 0 spiro atoms. The Hall–Kier alpha value is -1.78. The summed E-state index contributed by atoms with van der Waals surface area (Å²) in [6.07, 6.45) is -1.42. The fraction of sp³-hybridized carbons (Fsp3) is 0.706. The maximum absolute atomic E-state index is 12.8. The second-order valence-electron chi connectivity index (χ2n) is 7.03. The van der Waals surface area contributed by atoms with Gasteiger partial charge < -0.3 is 24.1 Å². The summed E-state index contributed by atoms with van der Waals surface area (Å²) >= 11 is 1.38. The van der Waals surface area contributed by atoms with Crippen LogP contribution in [-0.4, -0.2) is 71.0 Å². The van der Waals surface area contributed by atoms with Crippen LogP contribution in [-0.2, 0) is 28.5 Å². The standard InChI is InChI=1S/C17H21NO8S/c1-7(19)11-14(20)18-12(13(27-15(11)18)9-4-3-5-23-9)16(21)24-6-10-8(2)25-17(22)26-10/h7-11,15,19H,3-6H2,1-2H3/t7-,8+,9-,10+,11+,15-/m1/s1. The highest BCUT2D eigenvalue weighted by Crippen LogP contribution is 2.52. The molecule has 0 aromatic heterocycles. The number of β-lactam (4-membered cyclic amide) rings is 1. The molecule has 4 rings (SSSR count). The monoisotopic (exact) mass is 399 g/mol. The van der Waals surface area contributed by atoms with Gasteiger partial charge in [0.15, 0.2) is 6.10 Å². The zero-order valence-electron chi connectivity index (χ0n) is 15.0. The van der Waals surface area contributed by atoms with Crippen LogP contribution < -0.4 is 0 Å². The Balaban J connectivity index is 1.51. The number of carbonyl (C=O) groups excluding carboxylic acids is 3. The van der Waals surface area contributed by atoms with Gasteiger partial charge in [0.25, 0.3) is 0 Å². The molecule has 0 unspecified atom stereocenters. The summed E-state index contributed by atoms with van der Waals surface area (Å²) in [5.74, 6) is -1.52. The summed E-state index contributed by atoms with van der Waals surface area (Å²) in [5.41, 5.74) is 0.177. The predicted octanol–water partition coefficient (Wildman–Crippen LogP) is 0.756. The van der Waals surface area contributed by atoms with Crippen molar-refractivity contribution < 1.29 is 38.4 Å². The predicted molar refractivity (Wildman–Crippen MR) is 91.2 cm³/mol. The first kappa shape index (κ1) is 18.6. The van der Waals surface area contributed by atoms with Crippen LogP contribution in [0.5, 0.6) is 0 Å². The van der Waals surface area contributed by atoms with Gasteiger partial charge in [0, 0.05) is 11.5 Å². The van der Waals surface area contributed by atoms with Crippen molar-refractivity contribution in [3.63, 3.8) is 0 Å². The Labute approximate surface area is 159 Å². The number of thioether (sulfide) groups is 1. The van der Waals surface area contributed by atoms with Gasteiger partial charge in [0.05, 0.1) is 18.1 Å². The molecule has 0 aromatic rings. The van der Waals surface area contributed by atoms with E-state index in [-0.39, 0.29) is 29.7 Å². The van der Waals surface area contributed by atoms with E-state index in [2.05, 4.69) is 0 Å². The van der Waals surface area contributed by atoms with Crippen molar-refractivity contribution in [3.05, 3.63) is 10.6 Å². The largest absolute Gasteiger partial charge is 0.509 e. The number of cyclic esters (lactones) is 2. The number of hydrogen-bond acceptors (Lipinski definition) is 9. The van der Waals surface area contributed by atoms with E-state index in [0.717, 1.165) is 12.8 Å². The minimum absolute atomic E-state index is 0.161. The van der Waals surface area contributed by atoms with E-state index < -0.39 is 36.4 Å². The van der Waals surface area contributed by atoms with Gasteiger partial charge in [-0.3, -0.25) is 9.69 Å². The number of hydrogen-bond donors (Lipinski definition) is 1. The van der Waals surface area contributed by atoms with Gasteiger partial charge in [-0.05, 0) is 26.7 Å². The first-order valence-electron chi connectivity index (χ1n) is 8.96. The molecule has 3 saturated heterocycles. The van der Waals surface area contributed by atoms with E-state index in [0.29, 0.717) is 11.5 Å². The summed E-state index contributed by atoms with van der Waals surface area (Å²) < 4.78 is 20.8. The van der Waals surface area contributed by atoms with Crippen molar-refractivity contribution in [3.8, 4) is 0 Å². The second kappa shape index (κ2) is 6.99. The number of aliphatic hydroxyl groups is 1. The Kier molecular flexibility index (Phi) is 4.81. The topological polar surface area (TPSA) is 112 Å². The van der Waals surface area contributed by atoms with E-state index >= 15 is 0 Å². The maximum Gasteiger partial charge on any atom is 0.509 e. The number of rotatable bonds is 5. The number of ether oxygens (including phenoxy) is 4. The molecule has 0 aromatic carbocycles. The van der Waals surface area contributed by atoms with Gasteiger partial charge in [-0.2, -0.15) is 0 Å². The third kappa shape index (κ3) is 3.09. The zero-order valence-corrected chi connectivity index (χ0v) is 15.8. The highest BCUT2D eigenvalue weighted by molar-refractivity contribution is 8.04. The molecule has 0 saturated carbocycles. The lowest BCUT2D eigenvalue weighted by Crippen LogP contribution is -2.60. The lowest BCUT2D eigenvalue weighted by Gasteiger charge is -2.43. The van der Waals surface area contributed by atoms with Gasteiger partial charge in [-0.1, -0.05) is 11.8 Å². The Bertz CT molecular complexity index is 701. The summed E-state index contributed by atoms with van der Waals surface area (Å²) in [4.78, 5) is 38.5. The first-order chi connectivity index (χ1) is 12.9. The molecular weight excluding hydrogens is 378 g/mol. The van der Waals surface area contributed by atoms with Crippen LogP contribution in [0.15, 0.2) is 10.6 Å². The van der Waals surface area contributed by atoms with Crippen molar-refractivity contribution in [1.82, 2.24) is 4.90 Å². The molecule has 27 heavy (non-hydrogen) atoms. The molecule has 4 aliphatic rings. The van der Waals surface area contributed by atoms with Crippen molar-refractivity contribution in [2.75, 3.05) is 13.2 Å². The van der Waals surface area contributed by atoms with Crippen molar-refractivity contribution in [1.29, 1.82) is 0 Å². The summed E-state index contributed by atoms with van der Waals surface area (Å²) in [7, 11) is 0. The maximum atomic E-state index is 12.8. The number of fused-ring (bicyclic) bond motifs is 1. The van der Waals surface area contributed by atoms with Crippen molar-refractivity contribution >= 4 is 29.8 Å².